The predicted octanol–water partition coefficient (Wildman–Crippen LogP) is 5.02. The van der Waals surface area contributed by atoms with Crippen molar-refractivity contribution < 1.29 is 4.79 Å². The lowest BCUT2D eigenvalue weighted by Gasteiger charge is -2.19. The molecule has 2 rings (SSSR count). The molecule has 0 bridgehead atoms. The third kappa shape index (κ3) is 5.08. The average Bonchev–Trinajstić information content (AvgIpc) is 2.96. The van der Waals surface area contributed by atoms with Gasteiger partial charge in [0.05, 0.1) is 29.5 Å². The van der Waals surface area contributed by atoms with E-state index in [1.54, 1.807) is 10.9 Å². The normalized spacial score (nSPS) is 13.5. The second kappa shape index (κ2) is 9.04. The number of amides is 1. The molecule has 1 N–H and O–H groups in total. The summed E-state index contributed by atoms with van der Waals surface area (Å²) in [5, 5.41) is 7.95. The van der Waals surface area contributed by atoms with Gasteiger partial charge in [0, 0.05) is 6.42 Å². The first kappa shape index (κ1) is 19.5. The Morgan fingerprint density at radius 2 is 1.84 bits per heavy atom. The number of carbonyl (C=O) groups excluding carboxylic acids is 1. The first-order chi connectivity index (χ1) is 12.0. The molecular weight excluding hydrogens is 334 g/mol. The summed E-state index contributed by atoms with van der Waals surface area (Å²) in [5.41, 5.74) is 3.39. The molecule has 2 atom stereocenters. The van der Waals surface area contributed by atoms with E-state index in [0.29, 0.717) is 23.9 Å². The lowest BCUT2D eigenvalue weighted by atomic mass is 9.95. The minimum absolute atomic E-state index is 0.0314. The Kier molecular flexibility index (Phi) is 7.06. The maximum Gasteiger partial charge on any atom is 0.222 e. The molecule has 0 saturated carbocycles. The van der Waals surface area contributed by atoms with Gasteiger partial charge in [0.25, 0.3) is 0 Å². The molecule has 0 aliphatic carbocycles. The van der Waals surface area contributed by atoms with Crippen LogP contribution in [0.1, 0.15) is 68.8 Å². The van der Waals surface area contributed by atoms with Crippen molar-refractivity contribution in [2.24, 2.45) is 0 Å². The smallest absolute Gasteiger partial charge is 0.222 e. The van der Waals surface area contributed by atoms with Crippen LogP contribution in [-0.2, 0) is 11.3 Å². The molecule has 2 aromatic rings. The van der Waals surface area contributed by atoms with E-state index < -0.39 is 0 Å². The summed E-state index contributed by atoms with van der Waals surface area (Å²) < 4.78 is 1.77. The molecule has 2 unspecified atom stereocenters. The molecule has 0 saturated heterocycles. The summed E-state index contributed by atoms with van der Waals surface area (Å²) in [5.74, 6) is 0.594. The van der Waals surface area contributed by atoms with Crippen molar-refractivity contribution in [3.63, 3.8) is 0 Å². The zero-order valence-electron chi connectivity index (χ0n) is 15.6. The van der Waals surface area contributed by atoms with Crippen LogP contribution in [-0.4, -0.2) is 15.7 Å². The number of halogens is 1. The van der Waals surface area contributed by atoms with Crippen LogP contribution in [0.4, 0.5) is 0 Å². The third-order valence-corrected chi connectivity index (χ3v) is 5.23. The lowest BCUT2D eigenvalue weighted by Crippen LogP contribution is -2.29. The molecule has 1 amide bonds. The molecular formula is C20H28ClN3O. The second-order valence-corrected chi connectivity index (χ2v) is 6.96. The number of rotatable bonds is 8. The SMILES string of the molecule is CCC(C)c1ccc(C(CC)NC(=O)CCn2ncc(Cl)c2C)cc1. The summed E-state index contributed by atoms with van der Waals surface area (Å²) in [6.07, 6.45) is 3.99. The van der Waals surface area contributed by atoms with Crippen LogP contribution in [0.3, 0.4) is 0 Å². The monoisotopic (exact) mass is 361 g/mol. The Morgan fingerprint density at radius 1 is 1.20 bits per heavy atom. The maximum absolute atomic E-state index is 12.3. The Labute approximate surface area is 155 Å². The van der Waals surface area contributed by atoms with Gasteiger partial charge in [-0.1, -0.05) is 56.6 Å². The summed E-state index contributed by atoms with van der Waals surface area (Å²) in [6.45, 7) is 8.96. The van der Waals surface area contributed by atoms with E-state index in [4.69, 9.17) is 11.6 Å². The van der Waals surface area contributed by atoms with E-state index in [9.17, 15) is 4.79 Å². The van der Waals surface area contributed by atoms with Gasteiger partial charge in [-0.25, -0.2) is 0 Å². The molecule has 136 valence electrons. The third-order valence-electron chi connectivity index (χ3n) is 4.86. The highest BCUT2D eigenvalue weighted by molar-refractivity contribution is 6.31. The van der Waals surface area contributed by atoms with Crippen LogP contribution < -0.4 is 5.32 Å². The first-order valence-electron chi connectivity index (χ1n) is 9.03. The van der Waals surface area contributed by atoms with Crippen molar-refractivity contribution in [1.29, 1.82) is 0 Å². The van der Waals surface area contributed by atoms with Gasteiger partial charge in [0.2, 0.25) is 5.91 Å². The number of aromatic nitrogens is 2. The zero-order valence-corrected chi connectivity index (χ0v) is 16.3. The van der Waals surface area contributed by atoms with Crippen molar-refractivity contribution in [2.45, 2.75) is 65.5 Å². The number of nitrogens with one attached hydrogen (secondary N) is 1. The predicted molar refractivity (Wildman–Crippen MR) is 103 cm³/mol. The van der Waals surface area contributed by atoms with Crippen molar-refractivity contribution in [3.05, 3.63) is 52.3 Å². The van der Waals surface area contributed by atoms with Gasteiger partial charge in [-0.05, 0) is 36.8 Å². The van der Waals surface area contributed by atoms with Crippen molar-refractivity contribution >= 4 is 17.5 Å². The minimum atomic E-state index is 0.0314. The fraction of sp³-hybridized carbons (Fsp3) is 0.500. The minimum Gasteiger partial charge on any atom is -0.349 e. The van der Waals surface area contributed by atoms with E-state index in [2.05, 4.69) is 55.5 Å². The van der Waals surface area contributed by atoms with E-state index >= 15 is 0 Å². The summed E-state index contributed by atoms with van der Waals surface area (Å²) in [7, 11) is 0. The van der Waals surface area contributed by atoms with Crippen LogP contribution >= 0.6 is 11.6 Å². The van der Waals surface area contributed by atoms with Gasteiger partial charge >= 0.3 is 0 Å². The topological polar surface area (TPSA) is 46.9 Å². The molecule has 4 nitrogen and oxygen atoms in total. The fourth-order valence-corrected chi connectivity index (χ4v) is 2.98. The van der Waals surface area contributed by atoms with Crippen molar-refractivity contribution in [2.75, 3.05) is 0 Å². The van der Waals surface area contributed by atoms with E-state index in [1.165, 1.54) is 5.56 Å². The van der Waals surface area contributed by atoms with Gasteiger partial charge < -0.3 is 5.32 Å². The Balaban J connectivity index is 1.94. The summed E-state index contributed by atoms with van der Waals surface area (Å²) in [6, 6.07) is 8.66. The molecule has 1 heterocycles. The van der Waals surface area contributed by atoms with Crippen molar-refractivity contribution in [3.8, 4) is 0 Å². The highest BCUT2D eigenvalue weighted by atomic mass is 35.5. The number of nitrogens with zero attached hydrogens (tertiary/aromatic N) is 2. The largest absolute Gasteiger partial charge is 0.349 e. The molecule has 25 heavy (non-hydrogen) atoms. The number of hydrogen-bond donors (Lipinski definition) is 1. The molecule has 0 fully saturated rings. The molecule has 1 aromatic carbocycles. The van der Waals surface area contributed by atoms with E-state index in [-0.39, 0.29) is 11.9 Å². The van der Waals surface area contributed by atoms with E-state index in [1.807, 2.05) is 6.92 Å². The molecule has 0 aliphatic heterocycles. The number of benzene rings is 1. The average molecular weight is 362 g/mol. The Morgan fingerprint density at radius 3 is 2.36 bits per heavy atom. The van der Waals surface area contributed by atoms with Crippen molar-refractivity contribution in [1.82, 2.24) is 15.1 Å². The Hall–Kier alpha value is -1.81. The molecule has 0 spiro atoms. The zero-order chi connectivity index (χ0) is 18.4. The van der Waals surface area contributed by atoms with Crippen LogP contribution in [0.2, 0.25) is 5.02 Å². The molecule has 0 radical (unpaired) electrons. The number of hydrogen-bond acceptors (Lipinski definition) is 2. The molecule has 5 heteroatoms. The standard InChI is InChI=1S/C20H28ClN3O/c1-5-14(3)16-7-9-17(10-8-16)19(6-2)23-20(25)11-12-24-15(4)18(21)13-22-24/h7-10,13-14,19H,5-6,11-12H2,1-4H3,(H,23,25). The number of carbonyl (C=O) groups is 1. The van der Waals surface area contributed by atoms with Gasteiger partial charge in [-0.15, -0.1) is 0 Å². The van der Waals surface area contributed by atoms with Gasteiger partial charge in [-0.2, -0.15) is 5.10 Å². The molecule has 0 aliphatic rings. The first-order valence-corrected chi connectivity index (χ1v) is 9.41. The maximum atomic E-state index is 12.3. The van der Waals surface area contributed by atoms with Crippen LogP contribution in [0, 0.1) is 6.92 Å². The van der Waals surface area contributed by atoms with Crippen LogP contribution in [0.15, 0.2) is 30.5 Å². The van der Waals surface area contributed by atoms with Crippen LogP contribution in [0.5, 0.6) is 0 Å². The molecule has 1 aromatic heterocycles. The lowest BCUT2D eigenvalue weighted by molar-refractivity contribution is -0.122. The van der Waals surface area contributed by atoms with Gasteiger partial charge in [0.15, 0.2) is 0 Å². The van der Waals surface area contributed by atoms with Crippen LogP contribution in [0.25, 0.3) is 0 Å². The summed E-state index contributed by atoms with van der Waals surface area (Å²) in [4.78, 5) is 12.3. The summed E-state index contributed by atoms with van der Waals surface area (Å²) >= 11 is 5.99. The van der Waals surface area contributed by atoms with Gasteiger partial charge in [0.1, 0.15) is 0 Å². The quantitative estimate of drug-likeness (QED) is 0.717. The Bertz CT molecular complexity index is 693. The second-order valence-electron chi connectivity index (χ2n) is 6.56. The van der Waals surface area contributed by atoms with E-state index in [0.717, 1.165) is 24.1 Å². The highest BCUT2D eigenvalue weighted by Crippen LogP contribution is 2.23. The van der Waals surface area contributed by atoms with Gasteiger partial charge in [-0.3, -0.25) is 9.48 Å². The highest BCUT2D eigenvalue weighted by Gasteiger charge is 2.14. The number of aryl methyl sites for hydroxylation is 1. The fourth-order valence-electron chi connectivity index (χ4n) is 2.84.